The lowest BCUT2D eigenvalue weighted by atomic mass is 10.2. The molecular formula is C22H35FIN5OS. The van der Waals surface area contributed by atoms with Gasteiger partial charge in [-0.05, 0) is 31.4 Å². The van der Waals surface area contributed by atoms with E-state index in [1.54, 1.807) is 24.9 Å². The summed E-state index contributed by atoms with van der Waals surface area (Å²) in [7, 11) is 1.81. The van der Waals surface area contributed by atoms with E-state index in [1.807, 2.05) is 24.0 Å². The summed E-state index contributed by atoms with van der Waals surface area (Å²) in [6.45, 7) is 8.10. The summed E-state index contributed by atoms with van der Waals surface area (Å²) in [6, 6.07) is 6.89. The quantitative estimate of drug-likeness (QED) is 0.240. The molecule has 1 unspecified atom stereocenters. The van der Waals surface area contributed by atoms with Crippen LogP contribution in [0.5, 0.6) is 0 Å². The van der Waals surface area contributed by atoms with Crippen molar-refractivity contribution in [3.05, 3.63) is 35.6 Å². The van der Waals surface area contributed by atoms with Gasteiger partial charge >= 0.3 is 0 Å². The van der Waals surface area contributed by atoms with Gasteiger partial charge in [0.1, 0.15) is 5.82 Å². The zero-order valence-corrected chi connectivity index (χ0v) is 21.7. The third-order valence-corrected chi connectivity index (χ3v) is 6.90. The van der Waals surface area contributed by atoms with Crippen LogP contribution in [0, 0.1) is 5.82 Å². The monoisotopic (exact) mass is 563 g/mol. The van der Waals surface area contributed by atoms with Crippen molar-refractivity contribution in [2.45, 2.75) is 31.6 Å². The van der Waals surface area contributed by atoms with Crippen molar-refractivity contribution in [2.75, 3.05) is 58.6 Å². The standard InChI is InChI=1S/C22H34FN5OS.HI/c1-18(21(29)27-10-5-6-11-27)26-12-14-28(15-13-26)22(24-2)25-9-16-30-17-19-7-3-4-8-20(19)23;/h3-4,7-8,18H,5-6,9-17H2,1-2H3,(H,24,25);1H. The number of carbonyl (C=O) groups excluding carboxylic acids is 1. The zero-order valence-electron chi connectivity index (χ0n) is 18.6. The Hall–Kier alpha value is -1.07. The third-order valence-electron chi connectivity index (χ3n) is 5.89. The number of hydrogen-bond acceptors (Lipinski definition) is 4. The minimum atomic E-state index is -0.135. The maximum absolute atomic E-state index is 13.7. The second-order valence-corrected chi connectivity index (χ2v) is 8.95. The molecule has 2 aliphatic rings. The SMILES string of the molecule is CN=C(NCCSCc1ccccc1F)N1CCN(C(C)C(=O)N2CCCC2)CC1.I. The summed E-state index contributed by atoms with van der Waals surface area (Å²) in [5.74, 6) is 2.60. The van der Waals surface area contributed by atoms with Crippen molar-refractivity contribution in [1.82, 2.24) is 20.0 Å². The lowest BCUT2D eigenvalue weighted by molar-refractivity contribution is -0.135. The van der Waals surface area contributed by atoms with Crippen molar-refractivity contribution in [3.63, 3.8) is 0 Å². The predicted octanol–water partition coefficient (Wildman–Crippen LogP) is 2.88. The summed E-state index contributed by atoms with van der Waals surface area (Å²) >= 11 is 1.71. The van der Waals surface area contributed by atoms with Crippen LogP contribution in [0.4, 0.5) is 4.39 Å². The van der Waals surface area contributed by atoms with Gasteiger partial charge in [-0.15, -0.1) is 24.0 Å². The van der Waals surface area contributed by atoms with E-state index >= 15 is 0 Å². The predicted molar refractivity (Wildman–Crippen MR) is 138 cm³/mol. The highest BCUT2D eigenvalue weighted by atomic mass is 127. The molecule has 1 amide bonds. The first-order chi connectivity index (χ1) is 14.6. The first kappa shape index (κ1) is 26.2. The van der Waals surface area contributed by atoms with E-state index in [-0.39, 0.29) is 41.7 Å². The highest BCUT2D eigenvalue weighted by Crippen LogP contribution is 2.15. The first-order valence-corrected chi connectivity index (χ1v) is 12.0. The number of nitrogens with one attached hydrogen (secondary N) is 1. The molecule has 2 saturated heterocycles. The lowest BCUT2D eigenvalue weighted by Gasteiger charge is -2.39. The van der Waals surface area contributed by atoms with Crippen LogP contribution >= 0.6 is 35.7 Å². The van der Waals surface area contributed by atoms with Crippen molar-refractivity contribution in [3.8, 4) is 0 Å². The van der Waals surface area contributed by atoms with Crippen LogP contribution in [0.1, 0.15) is 25.3 Å². The Morgan fingerprint density at radius 3 is 2.45 bits per heavy atom. The second kappa shape index (κ2) is 13.5. The molecule has 1 aromatic carbocycles. The largest absolute Gasteiger partial charge is 0.355 e. The van der Waals surface area contributed by atoms with Gasteiger partial charge in [0.25, 0.3) is 0 Å². The van der Waals surface area contributed by atoms with E-state index in [0.717, 1.165) is 75.9 Å². The van der Waals surface area contributed by atoms with E-state index in [0.29, 0.717) is 5.75 Å². The zero-order chi connectivity index (χ0) is 21.3. The van der Waals surface area contributed by atoms with Crippen LogP contribution < -0.4 is 5.32 Å². The van der Waals surface area contributed by atoms with E-state index in [2.05, 4.69) is 20.1 Å². The number of halogens is 2. The first-order valence-electron chi connectivity index (χ1n) is 10.9. The van der Waals surface area contributed by atoms with Gasteiger partial charge in [-0.25, -0.2) is 4.39 Å². The molecule has 1 N–H and O–H groups in total. The highest BCUT2D eigenvalue weighted by molar-refractivity contribution is 14.0. The van der Waals surface area contributed by atoms with Gasteiger partial charge in [-0.3, -0.25) is 14.7 Å². The number of aliphatic imine (C=N–C) groups is 1. The Morgan fingerprint density at radius 2 is 1.81 bits per heavy atom. The molecule has 31 heavy (non-hydrogen) atoms. The second-order valence-electron chi connectivity index (χ2n) is 7.85. The molecule has 174 valence electrons. The summed E-state index contributed by atoms with van der Waals surface area (Å²) < 4.78 is 13.7. The smallest absolute Gasteiger partial charge is 0.239 e. The molecule has 1 aromatic rings. The number of piperazine rings is 1. The number of rotatable bonds is 7. The number of likely N-dealkylation sites (tertiary alicyclic amines) is 1. The highest BCUT2D eigenvalue weighted by Gasteiger charge is 2.30. The summed E-state index contributed by atoms with van der Waals surface area (Å²) in [4.78, 5) is 23.6. The number of hydrogen-bond donors (Lipinski definition) is 1. The third kappa shape index (κ3) is 7.49. The Bertz CT molecular complexity index is 724. The molecule has 0 radical (unpaired) electrons. The number of nitrogens with zero attached hydrogens (tertiary/aromatic N) is 4. The van der Waals surface area contributed by atoms with Gasteiger partial charge < -0.3 is 15.1 Å². The molecule has 0 spiro atoms. The number of carbonyl (C=O) groups is 1. The Kier molecular flexibility index (Phi) is 11.4. The average molecular weight is 564 g/mol. The molecule has 2 fully saturated rings. The summed E-state index contributed by atoms with van der Waals surface area (Å²) in [5.41, 5.74) is 0.751. The molecule has 6 nitrogen and oxygen atoms in total. The molecular weight excluding hydrogens is 528 g/mol. The van der Waals surface area contributed by atoms with Gasteiger partial charge in [0.2, 0.25) is 5.91 Å². The van der Waals surface area contributed by atoms with Gasteiger partial charge in [0.05, 0.1) is 6.04 Å². The van der Waals surface area contributed by atoms with E-state index in [1.165, 1.54) is 6.07 Å². The molecule has 2 heterocycles. The topological polar surface area (TPSA) is 51.2 Å². The molecule has 0 aromatic heterocycles. The van der Waals surface area contributed by atoms with Gasteiger partial charge in [-0.2, -0.15) is 11.8 Å². The van der Waals surface area contributed by atoms with Crippen LogP contribution in [-0.2, 0) is 10.5 Å². The Labute approximate surface area is 207 Å². The van der Waals surface area contributed by atoms with Crippen LogP contribution in [0.25, 0.3) is 0 Å². The van der Waals surface area contributed by atoms with Crippen molar-refractivity contribution in [1.29, 1.82) is 0 Å². The molecule has 1 atom stereocenters. The molecule has 9 heteroatoms. The normalized spacial score (nSPS) is 18.6. The minimum Gasteiger partial charge on any atom is -0.355 e. The van der Waals surface area contributed by atoms with E-state index in [4.69, 9.17) is 0 Å². The van der Waals surface area contributed by atoms with Gasteiger partial charge in [-0.1, -0.05) is 18.2 Å². The number of amides is 1. The minimum absolute atomic E-state index is 0. The fourth-order valence-corrected chi connectivity index (χ4v) is 4.89. The molecule has 0 bridgehead atoms. The van der Waals surface area contributed by atoms with Crippen LogP contribution in [0.3, 0.4) is 0 Å². The van der Waals surface area contributed by atoms with Crippen LogP contribution in [-0.4, -0.2) is 91.2 Å². The molecule has 2 aliphatic heterocycles. The molecule has 0 aliphatic carbocycles. The number of benzene rings is 1. The van der Waals surface area contributed by atoms with Crippen LogP contribution in [0.2, 0.25) is 0 Å². The van der Waals surface area contributed by atoms with Crippen molar-refractivity contribution in [2.24, 2.45) is 4.99 Å². The van der Waals surface area contributed by atoms with E-state index < -0.39 is 0 Å². The lowest BCUT2D eigenvalue weighted by Crippen LogP contribution is -2.57. The molecule has 0 saturated carbocycles. The van der Waals surface area contributed by atoms with Gasteiger partial charge in [0, 0.05) is 64.4 Å². The van der Waals surface area contributed by atoms with Crippen molar-refractivity contribution < 1.29 is 9.18 Å². The Morgan fingerprint density at radius 1 is 1.13 bits per heavy atom. The summed E-state index contributed by atoms with van der Waals surface area (Å²) in [5, 5.41) is 3.42. The maximum Gasteiger partial charge on any atom is 0.239 e. The van der Waals surface area contributed by atoms with Gasteiger partial charge in [0.15, 0.2) is 5.96 Å². The van der Waals surface area contributed by atoms with E-state index in [9.17, 15) is 9.18 Å². The Balaban J connectivity index is 0.00000341. The summed E-state index contributed by atoms with van der Waals surface area (Å²) in [6.07, 6.45) is 2.26. The fraction of sp³-hybridized carbons (Fsp3) is 0.636. The number of thioether (sulfide) groups is 1. The number of guanidine groups is 1. The van der Waals surface area contributed by atoms with Crippen LogP contribution in [0.15, 0.2) is 29.3 Å². The molecule has 3 rings (SSSR count). The van der Waals surface area contributed by atoms with Crippen molar-refractivity contribution >= 4 is 47.6 Å². The fourth-order valence-electron chi connectivity index (χ4n) is 4.04. The maximum atomic E-state index is 13.7. The average Bonchev–Trinajstić information content (AvgIpc) is 3.31.